The van der Waals surface area contributed by atoms with E-state index >= 15 is 0 Å². The molecule has 1 aliphatic rings. The molecular weight excluding hydrogens is 332 g/mol. The number of hydrogen-bond acceptors (Lipinski definition) is 5. The van der Waals surface area contributed by atoms with Crippen LogP contribution in [0.15, 0.2) is 55.1 Å². The van der Waals surface area contributed by atoms with Gasteiger partial charge in [-0.2, -0.15) is 4.31 Å². The van der Waals surface area contributed by atoms with E-state index in [1.807, 2.05) is 0 Å². The molecule has 0 bridgehead atoms. The van der Waals surface area contributed by atoms with Gasteiger partial charge in [0, 0.05) is 19.7 Å². The molecule has 1 aliphatic heterocycles. The number of benzene rings is 1. The largest absolute Gasteiger partial charge is 0.468 e. The highest BCUT2D eigenvalue weighted by Crippen LogP contribution is 2.37. The summed E-state index contributed by atoms with van der Waals surface area (Å²) in [5.41, 5.74) is 0.820. The zero-order chi connectivity index (χ0) is 16.9. The van der Waals surface area contributed by atoms with E-state index in [9.17, 15) is 13.2 Å². The fourth-order valence-electron chi connectivity index (χ4n) is 3.20. The third-order valence-corrected chi connectivity index (χ3v) is 6.35. The number of nitrogens with zero attached hydrogens (tertiary/aromatic N) is 2. The zero-order valence-corrected chi connectivity index (χ0v) is 13.8. The van der Waals surface area contributed by atoms with Gasteiger partial charge in [0.1, 0.15) is 5.76 Å². The van der Waals surface area contributed by atoms with Crippen molar-refractivity contribution in [3.8, 4) is 0 Å². The summed E-state index contributed by atoms with van der Waals surface area (Å²) in [5.74, 6) is 0.123. The maximum Gasteiger partial charge on any atom is 0.419 e. The van der Waals surface area contributed by atoms with E-state index < -0.39 is 15.8 Å². The highest BCUT2D eigenvalue weighted by molar-refractivity contribution is 7.89. The van der Waals surface area contributed by atoms with E-state index in [1.54, 1.807) is 31.5 Å². The second kappa shape index (κ2) is 5.35. The van der Waals surface area contributed by atoms with Crippen molar-refractivity contribution in [2.45, 2.75) is 23.8 Å². The maximum absolute atomic E-state index is 13.0. The Kier molecular flexibility index (Phi) is 3.40. The van der Waals surface area contributed by atoms with Gasteiger partial charge in [-0.3, -0.25) is 4.57 Å². The molecule has 1 atom stereocenters. The molecule has 126 valence electrons. The molecule has 7 nitrogen and oxygen atoms in total. The van der Waals surface area contributed by atoms with E-state index in [2.05, 4.69) is 0 Å². The number of furan rings is 1. The van der Waals surface area contributed by atoms with Gasteiger partial charge in [-0.15, -0.1) is 0 Å². The van der Waals surface area contributed by atoms with E-state index in [4.69, 9.17) is 8.83 Å². The Morgan fingerprint density at radius 3 is 2.83 bits per heavy atom. The molecule has 8 heteroatoms. The number of rotatable bonds is 3. The van der Waals surface area contributed by atoms with Crippen LogP contribution >= 0.6 is 0 Å². The molecule has 3 aromatic rings. The summed E-state index contributed by atoms with van der Waals surface area (Å²) in [6.45, 7) is 0.435. The minimum Gasteiger partial charge on any atom is -0.468 e. The van der Waals surface area contributed by atoms with Gasteiger partial charge in [0.25, 0.3) is 0 Å². The Balaban J connectivity index is 1.78. The topological polar surface area (TPSA) is 85.7 Å². The molecule has 0 amide bonds. The van der Waals surface area contributed by atoms with Gasteiger partial charge in [-0.25, -0.2) is 13.2 Å². The van der Waals surface area contributed by atoms with Gasteiger partial charge in [-0.05, 0) is 37.1 Å². The summed E-state index contributed by atoms with van der Waals surface area (Å²) in [7, 11) is -2.13. The number of aryl methyl sites for hydroxylation is 1. The molecule has 0 radical (unpaired) electrons. The first-order chi connectivity index (χ1) is 11.5. The molecule has 1 aromatic carbocycles. The Bertz CT molecular complexity index is 1050. The lowest BCUT2D eigenvalue weighted by molar-refractivity contribution is 0.340. The second-order valence-electron chi connectivity index (χ2n) is 5.85. The van der Waals surface area contributed by atoms with Gasteiger partial charge >= 0.3 is 5.76 Å². The van der Waals surface area contributed by atoms with Crippen LogP contribution in [0.3, 0.4) is 0 Å². The Morgan fingerprint density at radius 2 is 2.08 bits per heavy atom. The van der Waals surface area contributed by atoms with E-state index in [0.29, 0.717) is 17.8 Å². The SMILES string of the molecule is Cn1c(=O)oc2cc(S(=O)(=O)N3CCC[C@H]3c3ccco3)ccc21. The van der Waals surface area contributed by atoms with Crippen LogP contribution in [0.25, 0.3) is 11.1 Å². The van der Waals surface area contributed by atoms with E-state index in [0.717, 1.165) is 12.8 Å². The summed E-state index contributed by atoms with van der Waals surface area (Å²) in [4.78, 5) is 11.7. The molecule has 4 rings (SSSR count). The van der Waals surface area contributed by atoms with Crippen LogP contribution in [0.1, 0.15) is 24.6 Å². The third-order valence-electron chi connectivity index (χ3n) is 4.45. The van der Waals surface area contributed by atoms with Gasteiger partial charge in [0.05, 0.1) is 22.7 Å². The van der Waals surface area contributed by atoms with Crippen LogP contribution in [0.4, 0.5) is 0 Å². The number of sulfonamides is 1. The monoisotopic (exact) mass is 348 g/mol. The fourth-order valence-corrected chi connectivity index (χ4v) is 4.88. The van der Waals surface area contributed by atoms with Crippen LogP contribution in [-0.2, 0) is 17.1 Å². The van der Waals surface area contributed by atoms with Crippen molar-refractivity contribution in [2.75, 3.05) is 6.54 Å². The van der Waals surface area contributed by atoms with Crippen LogP contribution in [0, 0.1) is 0 Å². The molecule has 0 aliphatic carbocycles. The molecule has 3 heterocycles. The quantitative estimate of drug-likeness (QED) is 0.725. The lowest BCUT2D eigenvalue weighted by Crippen LogP contribution is -2.30. The standard InChI is InChI=1S/C16H16N2O5S/c1-17-12-7-6-11(10-15(12)23-16(17)19)24(20,21)18-8-2-4-13(18)14-5-3-9-22-14/h3,5-7,9-10,13H,2,4,8H2,1H3/t13-/m0/s1. The summed E-state index contributed by atoms with van der Waals surface area (Å²) in [6.07, 6.45) is 3.03. The van der Waals surface area contributed by atoms with Gasteiger partial charge in [-0.1, -0.05) is 0 Å². The molecule has 2 aromatic heterocycles. The van der Waals surface area contributed by atoms with Gasteiger partial charge in [0.2, 0.25) is 10.0 Å². The van der Waals surface area contributed by atoms with E-state index in [-0.39, 0.29) is 16.5 Å². The molecule has 1 saturated heterocycles. The van der Waals surface area contributed by atoms with Crippen molar-refractivity contribution in [1.82, 2.24) is 8.87 Å². The van der Waals surface area contributed by atoms with Crippen molar-refractivity contribution >= 4 is 21.1 Å². The lowest BCUT2D eigenvalue weighted by atomic mass is 10.2. The Hall–Kier alpha value is -2.32. The first kappa shape index (κ1) is 15.2. The van der Waals surface area contributed by atoms with Crippen molar-refractivity contribution in [3.05, 3.63) is 52.9 Å². The lowest BCUT2D eigenvalue weighted by Gasteiger charge is -2.22. The predicted octanol–water partition coefficient (Wildman–Crippen LogP) is 2.25. The molecule has 24 heavy (non-hydrogen) atoms. The maximum atomic E-state index is 13.0. The number of fused-ring (bicyclic) bond motifs is 1. The van der Waals surface area contributed by atoms with Crippen LogP contribution in [0.2, 0.25) is 0 Å². The van der Waals surface area contributed by atoms with Gasteiger partial charge in [0.15, 0.2) is 5.58 Å². The zero-order valence-electron chi connectivity index (χ0n) is 13.0. The molecule has 0 saturated carbocycles. The first-order valence-corrected chi connectivity index (χ1v) is 9.07. The highest BCUT2D eigenvalue weighted by atomic mass is 32.2. The molecule has 1 fully saturated rings. The minimum absolute atomic E-state index is 0.114. The van der Waals surface area contributed by atoms with Crippen molar-refractivity contribution in [1.29, 1.82) is 0 Å². The number of oxazole rings is 1. The normalized spacial score (nSPS) is 19.3. The fraction of sp³-hybridized carbons (Fsp3) is 0.312. The molecule has 0 spiro atoms. The summed E-state index contributed by atoms with van der Waals surface area (Å²) >= 11 is 0. The first-order valence-electron chi connectivity index (χ1n) is 7.63. The average molecular weight is 348 g/mol. The van der Waals surface area contributed by atoms with Crippen LogP contribution in [0.5, 0.6) is 0 Å². The average Bonchev–Trinajstić information content (AvgIpc) is 3.28. The van der Waals surface area contributed by atoms with Crippen molar-refractivity contribution in [3.63, 3.8) is 0 Å². The Morgan fingerprint density at radius 1 is 1.25 bits per heavy atom. The highest BCUT2D eigenvalue weighted by Gasteiger charge is 2.37. The minimum atomic E-state index is -3.71. The molecule has 0 unspecified atom stereocenters. The number of hydrogen-bond donors (Lipinski definition) is 0. The third kappa shape index (κ3) is 2.22. The molecule has 0 N–H and O–H groups in total. The smallest absolute Gasteiger partial charge is 0.419 e. The molecular formula is C16H16N2O5S. The second-order valence-corrected chi connectivity index (χ2v) is 7.74. The summed E-state index contributed by atoms with van der Waals surface area (Å²) in [5, 5.41) is 0. The van der Waals surface area contributed by atoms with Gasteiger partial charge < -0.3 is 8.83 Å². The van der Waals surface area contributed by atoms with Crippen LogP contribution in [-0.4, -0.2) is 23.8 Å². The van der Waals surface area contributed by atoms with E-state index in [1.165, 1.54) is 21.0 Å². The predicted molar refractivity (Wildman–Crippen MR) is 86.0 cm³/mol. The van der Waals surface area contributed by atoms with Crippen LogP contribution < -0.4 is 5.76 Å². The number of aromatic nitrogens is 1. The summed E-state index contributed by atoms with van der Waals surface area (Å²) < 4.78 is 39.4. The summed E-state index contributed by atoms with van der Waals surface area (Å²) in [6, 6.07) is 7.74. The Labute approximate surface area is 138 Å². The van der Waals surface area contributed by atoms with Crippen molar-refractivity contribution in [2.24, 2.45) is 7.05 Å². The van der Waals surface area contributed by atoms with Crippen molar-refractivity contribution < 1.29 is 17.3 Å².